The van der Waals surface area contributed by atoms with Crippen LogP contribution in [0.3, 0.4) is 0 Å². The Morgan fingerprint density at radius 3 is 2.48 bits per heavy atom. The summed E-state index contributed by atoms with van der Waals surface area (Å²) in [5.41, 5.74) is 0.701. The molecule has 0 aliphatic rings. The lowest BCUT2D eigenvalue weighted by Gasteiger charge is -2.23. The smallest absolute Gasteiger partial charge is 0.272 e. The van der Waals surface area contributed by atoms with E-state index < -0.39 is 5.54 Å². The summed E-state index contributed by atoms with van der Waals surface area (Å²) in [6.45, 7) is 5.78. The Balaban J connectivity index is 2.13. The second-order valence-electron chi connectivity index (χ2n) is 5.53. The van der Waals surface area contributed by atoms with Crippen LogP contribution >= 0.6 is 11.3 Å². The molecule has 0 aliphatic carbocycles. The van der Waals surface area contributed by atoms with Gasteiger partial charge in [0.05, 0.1) is 17.9 Å². The van der Waals surface area contributed by atoms with Gasteiger partial charge in [-0.3, -0.25) is 4.79 Å². The van der Waals surface area contributed by atoms with E-state index in [9.17, 15) is 4.79 Å². The average molecular weight is 305 g/mol. The van der Waals surface area contributed by atoms with Crippen LogP contribution in [-0.4, -0.2) is 35.0 Å². The summed E-state index contributed by atoms with van der Waals surface area (Å²) in [4.78, 5) is 26.9. The van der Waals surface area contributed by atoms with Gasteiger partial charge in [0, 0.05) is 25.2 Å². The maximum Gasteiger partial charge on any atom is 0.272 e. The van der Waals surface area contributed by atoms with Crippen LogP contribution in [0.4, 0.5) is 5.82 Å². The molecule has 2 aromatic rings. The van der Waals surface area contributed by atoms with Crippen LogP contribution in [0.2, 0.25) is 0 Å². The van der Waals surface area contributed by atoms with E-state index in [0.717, 1.165) is 10.7 Å². The molecule has 21 heavy (non-hydrogen) atoms. The van der Waals surface area contributed by atoms with Crippen LogP contribution in [0.5, 0.6) is 0 Å². The molecule has 0 unspecified atom stereocenters. The molecule has 0 fully saturated rings. The molecule has 0 bridgehead atoms. The van der Waals surface area contributed by atoms with Gasteiger partial charge in [-0.1, -0.05) is 0 Å². The van der Waals surface area contributed by atoms with Gasteiger partial charge in [-0.05, 0) is 20.8 Å². The lowest BCUT2D eigenvalue weighted by Crippen LogP contribution is -2.41. The van der Waals surface area contributed by atoms with Crippen LogP contribution in [0.1, 0.15) is 35.0 Å². The van der Waals surface area contributed by atoms with Crippen LogP contribution in [0, 0.1) is 6.92 Å². The molecule has 112 valence electrons. The molecular formula is C14H19N5OS. The van der Waals surface area contributed by atoms with E-state index in [4.69, 9.17) is 0 Å². The number of hydrogen-bond donors (Lipinski definition) is 1. The standard InChI is InChI=1S/C14H19N5OS/c1-9-8-21-13(17-9)14(2,3)18-12(20)10-6-16-11(7-15-10)19(4)5/h6-8H,1-5H3,(H,18,20). The van der Waals surface area contributed by atoms with Crippen molar-refractivity contribution in [3.8, 4) is 0 Å². The van der Waals surface area contributed by atoms with Crippen molar-refractivity contribution < 1.29 is 4.79 Å². The Labute approximate surface area is 128 Å². The van der Waals surface area contributed by atoms with Crippen molar-refractivity contribution in [2.45, 2.75) is 26.3 Å². The number of hydrogen-bond acceptors (Lipinski definition) is 6. The molecular weight excluding hydrogens is 286 g/mol. The third-order valence-corrected chi connectivity index (χ3v) is 4.19. The maximum atomic E-state index is 12.3. The van der Waals surface area contributed by atoms with Gasteiger partial charge in [-0.25, -0.2) is 15.0 Å². The summed E-state index contributed by atoms with van der Waals surface area (Å²) in [5, 5.41) is 5.78. The molecule has 7 heteroatoms. The van der Waals surface area contributed by atoms with Crippen LogP contribution < -0.4 is 10.2 Å². The predicted octanol–water partition coefficient (Wildman–Crippen LogP) is 1.97. The largest absolute Gasteiger partial charge is 0.361 e. The topological polar surface area (TPSA) is 71.0 Å². The number of rotatable bonds is 4. The van der Waals surface area contributed by atoms with E-state index in [2.05, 4.69) is 20.3 Å². The van der Waals surface area contributed by atoms with Crippen LogP contribution in [0.15, 0.2) is 17.8 Å². The zero-order valence-corrected chi connectivity index (χ0v) is 13.7. The molecule has 0 saturated carbocycles. The molecule has 1 N–H and O–H groups in total. The van der Waals surface area contributed by atoms with Crippen molar-refractivity contribution in [1.82, 2.24) is 20.3 Å². The number of nitrogens with one attached hydrogen (secondary N) is 1. The molecule has 0 radical (unpaired) electrons. The SMILES string of the molecule is Cc1csc(C(C)(C)NC(=O)c2cnc(N(C)C)cn2)n1. The first-order valence-corrected chi connectivity index (χ1v) is 7.42. The summed E-state index contributed by atoms with van der Waals surface area (Å²) in [7, 11) is 3.75. The second-order valence-corrected chi connectivity index (χ2v) is 6.39. The highest BCUT2D eigenvalue weighted by Crippen LogP contribution is 2.24. The monoisotopic (exact) mass is 305 g/mol. The Morgan fingerprint density at radius 2 is 2.00 bits per heavy atom. The van der Waals surface area contributed by atoms with E-state index in [-0.39, 0.29) is 5.91 Å². The Bertz CT molecular complexity index is 633. The van der Waals surface area contributed by atoms with Gasteiger partial charge in [-0.2, -0.15) is 0 Å². The van der Waals surface area contributed by atoms with Gasteiger partial charge in [0.2, 0.25) is 0 Å². The molecule has 0 atom stereocenters. The quantitative estimate of drug-likeness (QED) is 0.935. The summed E-state index contributed by atoms with van der Waals surface area (Å²) >= 11 is 1.53. The number of carbonyl (C=O) groups excluding carboxylic acids is 1. The summed E-state index contributed by atoms with van der Waals surface area (Å²) in [6.07, 6.45) is 3.06. The first-order chi connectivity index (χ1) is 9.79. The van der Waals surface area contributed by atoms with Crippen molar-refractivity contribution in [3.05, 3.63) is 34.2 Å². The first kappa shape index (κ1) is 15.4. The lowest BCUT2D eigenvalue weighted by molar-refractivity contribution is 0.0906. The minimum absolute atomic E-state index is 0.259. The molecule has 6 nitrogen and oxygen atoms in total. The fourth-order valence-electron chi connectivity index (χ4n) is 1.71. The van der Waals surface area contributed by atoms with E-state index >= 15 is 0 Å². The predicted molar refractivity (Wildman–Crippen MR) is 83.7 cm³/mol. The number of aromatic nitrogens is 3. The second kappa shape index (κ2) is 5.77. The van der Waals surface area contributed by atoms with Crippen molar-refractivity contribution >= 4 is 23.1 Å². The van der Waals surface area contributed by atoms with Gasteiger partial charge in [0.25, 0.3) is 5.91 Å². The highest BCUT2D eigenvalue weighted by atomic mass is 32.1. The highest BCUT2D eigenvalue weighted by molar-refractivity contribution is 7.09. The Morgan fingerprint density at radius 1 is 1.29 bits per heavy atom. The molecule has 0 spiro atoms. The van der Waals surface area contributed by atoms with Crippen molar-refractivity contribution in [3.63, 3.8) is 0 Å². The molecule has 2 heterocycles. The number of nitrogens with zero attached hydrogens (tertiary/aromatic N) is 4. The molecule has 1 amide bonds. The lowest BCUT2D eigenvalue weighted by atomic mass is 10.1. The summed E-state index contributed by atoms with van der Waals surface area (Å²) < 4.78 is 0. The third kappa shape index (κ3) is 3.55. The first-order valence-electron chi connectivity index (χ1n) is 6.54. The summed E-state index contributed by atoms with van der Waals surface area (Å²) in [6, 6.07) is 0. The number of carbonyl (C=O) groups is 1. The zero-order valence-electron chi connectivity index (χ0n) is 12.8. The highest BCUT2D eigenvalue weighted by Gasteiger charge is 2.27. The maximum absolute atomic E-state index is 12.3. The number of amides is 1. The molecule has 0 aliphatic heterocycles. The van der Waals surface area contributed by atoms with E-state index in [1.54, 1.807) is 6.20 Å². The Kier molecular flexibility index (Phi) is 4.22. The van der Waals surface area contributed by atoms with Crippen molar-refractivity contribution in [1.29, 1.82) is 0 Å². The third-order valence-electron chi connectivity index (χ3n) is 2.91. The molecule has 2 aromatic heterocycles. The van der Waals surface area contributed by atoms with Gasteiger partial charge in [0.15, 0.2) is 0 Å². The number of anilines is 1. The fourth-order valence-corrected chi connectivity index (χ4v) is 2.59. The number of thiazole rings is 1. The van der Waals surface area contributed by atoms with E-state index in [0.29, 0.717) is 11.5 Å². The van der Waals surface area contributed by atoms with Gasteiger partial charge in [-0.15, -0.1) is 11.3 Å². The molecule has 0 saturated heterocycles. The van der Waals surface area contributed by atoms with Gasteiger partial charge in [0.1, 0.15) is 16.5 Å². The van der Waals surface area contributed by atoms with Crippen LogP contribution in [0.25, 0.3) is 0 Å². The van der Waals surface area contributed by atoms with Gasteiger partial charge >= 0.3 is 0 Å². The molecule has 0 aromatic carbocycles. The van der Waals surface area contributed by atoms with Crippen molar-refractivity contribution in [2.75, 3.05) is 19.0 Å². The Hall–Kier alpha value is -2.02. The molecule has 2 rings (SSSR count). The van der Waals surface area contributed by atoms with Gasteiger partial charge < -0.3 is 10.2 Å². The minimum atomic E-state index is -0.544. The van der Waals surface area contributed by atoms with Crippen LogP contribution in [-0.2, 0) is 5.54 Å². The number of aryl methyl sites for hydroxylation is 1. The van der Waals surface area contributed by atoms with E-state index in [1.165, 1.54) is 17.5 Å². The fraction of sp³-hybridized carbons (Fsp3) is 0.429. The van der Waals surface area contributed by atoms with E-state index in [1.807, 2.05) is 45.1 Å². The normalized spacial score (nSPS) is 11.3. The van der Waals surface area contributed by atoms with Crippen molar-refractivity contribution in [2.24, 2.45) is 0 Å². The zero-order chi connectivity index (χ0) is 15.6. The summed E-state index contributed by atoms with van der Waals surface area (Å²) in [5.74, 6) is 0.451. The minimum Gasteiger partial charge on any atom is -0.361 e. The average Bonchev–Trinajstić information content (AvgIpc) is 2.86.